The van der Waals surface area contributed by atoms with Crippen LogP contribution in [-0.2, 0) is 0 Å². The molecule has 0 aromatic heterocycles. The first-order chi connectivity index (χ1) is 0. The minimum Gasteiger partial charge on any atom is -1.00 e. The molecule has 0 aliphatic carbocycles. The molecule has 0 radical (unpaired) electrons. The average molecular weight is 200 g/mol. The predicted molar refractivity (Wildman–Crippen MR) is 12.5 cm³/mol. The van der Waals surface area contributed by atoms with E-state index in [9.17, 15) is 0 Å². The Balaban J connectivity index is 0. The van der Waals surface area contributed by atoms with Crippen LogP contribution in [0.2, 0.25) is 0 Å². The van der Waals surface area contributed by atoms with Crippen molar-refractivity contribution in [3.63, 3.8) is 0 Å². The van der Waals surface area contributed by atoms with Crippen molar-refractivity contribution >= 4 is 23.1 Å². The second-order valence-electron chi connectivity index (χ2n) is 0. The molecule has 0 amide bonds. The summed E-state index contributed by atoms with van der Waals surface area (Å²) in [6.45, 7) is 0. The van der Waals surface area contributed by atoms with Crippen LogP contribution in [0.25, 0.3) is 0 Å². The predicted octanol–water partition coefficient (Wildman–Crippen LogP) is -5.74. The summed E-state index contributed by atoms with van der Waals surface area (Å²) in [4.78, 5) is 0. The molecule has 0 saturated heterocycles. The normalized spacial score (nSPS) is 0. The zero-order valence-corrected chi connectivity index (χ0v) is 6.05. The summed E-state index contributed by atoms with van der Waals surface area (Å²) in [5.41, 5.74) is 0. The molecule has 0 aliphatic heterocycles. The van der Waals surface area contributed by atoms with Crippen LogP contribution in [0.5, 0.6) is 0 Å². The largest absolute Gasteiger partial charge is 2.00 e. The Labute approximate surface area is 64.0 Å². The summed E-state index contributed by atoms with van der Waals surface area (Å²) < 4.78 is 0. The molecule has 0 fully saturated rings. The molecule has 0 saturated carbocycles. The SMILES string of the molecule is C.[Br-].[Br-].[Mg+2]. The zero-order valence-electron chi connectivity index (χ0n) is 1.46. The van der Waals surface area contributed by atoms with E-state index in [-0.39, 0.29) is 64.4 Å². The van der Waals surface area contributed by atoms with Crippen molar-refractivity contribution in [1.82, 2.24) is 0 Å². The molecule has 0 heterocycles. The van der Waals surface area contributed by atoms with Crippen molar-refractivity contribution in [2.45, 2.75) is 7.43 Å². The average Bonchev–Trinajstić information content (AvgIpc) is 0. The molecule has 0 atom stereocenters. The van der Waals surface area contributed by atoms with Crippen molar-refractivity contribution in [1.29, 1.82) is 0 Å². The van der Waals surface area contributed by atoms with Gasteiger partial charge in [0.2, 0.25) is 0 Å². The van der Waals surface area contributed by atoms with Gasteiger partial charge in [0.25, 0.3) is 0 Å². The third kappa shape index (κ3) is 9.29. The van der Waals surface area contributed by atoms with Crippen LogP contribution < -0.4 is 34.0 Å². The van der Waals surface area contributed by atoms with Crippen LogP contribution >= 0.6 is 0 Å². The molecular formula is CH4Br2Mg. The number of hydrogen-bond acceptors (Lipinski definition) is 0. The van der Waals surface area contributed by atoms with Crippen molar-refractivity contribution < 1.29 is 34.0 Å². The fourth-order valence-electron chi connectivity index (χ4n) is 0. The van der Waals surface area contributed by atoms with Gasteiger partial charge in [-0.05, 0) is 0 Å². The summed E-state index contributed by atoms with van der Waals surface area (Å²) in [6, 6.07) is 0. The Hall–Kier alpha value is 1.73. The molecule has 0 unspecified atom stereocenters. The fourth-order valence-corrected chi connectivity index (χ4v) is 0. The maximum absolute atomic E-state index is 0. The van der Waals surface area contributed by atoms with E-state index < -0.39 is 0 Å². The van der Waals surface area contributed by atoms with E-state index in [0.29, 0.717) is 0 Å². The second kappa shape index (κ2) is 22.0. The van der Waals surface area contributed by atoms with Gasteiger partial charge in [-0.15, -0.1) is 0 Å². The van der Waals surface area contributed by atoms with Gasteiger partial charge in [0.15, 0.2) is 0 Å². The van der Waals surface area contributed by atoms with Gasteiger partial charge < -0.3 is 34.0 Å². The van der Waals surface area contributed by atoms with Crippen molar-refractivity contribution in [3.05, 3.63) is 0 Å². The van der Waals surface area contributed by atoms with Crippen LogP contribution in [0, 0.1) is 0 Å². The van der Waals surface area contributed by atoms with E-state index >= 15 is 0 Å². The molecule has 0 aromatic carbocycles. The van der Waals surface area contributed by atoms with Gasteiger partial charge in [0, 0.05) is 0 Å². The summed E-state index contributed by atoms with van der Waals surface area (Å²) in [5.74, 6) is 0. The van der Waals surface area contributed by atoms with E-state index in [2.05, 4.69) is 0 Å². The smallest absolute Gasteiger partial charge is 1.00 e. The first-order valence-corrected chi connectivity index (χ1v) is 0. The van der Waals surface area contributed by atoms with Crippen LogP contribution in [0.15, 0.2) is 0 Å². The van der Waals surface area contributed by atoms with Gasteiger partial charge in [-0.3, -0.25) is 0 Å². The molecule has 0 spiro atoms. The molecule has 0 nitrogen and oxygen atoms in total. The standard InChI is InChI=1S/CH4.2BrH.Mg/h1H4;2*1H;/q;;;+2/p-2. The van der Waals surface area contributed by atoms with E-state index in [4.69, 9.17) is 0 Å². The third-order valence-corrected chi connectivity index (χ3v) is 0. The van der Waals surface area contributed by atoms with E-state index in [1.165, 1.54) is 0 Å². The van der Waals surface area contributed by atoms with Crippen LogP contribution in [0.3, 0.4) is 0 Å². The van der Waals surface area contributed by atoms with Gasteiger partial charge in [0.05, 0.1) is 0 Å². The molecule has 0 rings (SSSR count). The van der Waals surface area contributed by atoms with Gasteiger partial charge >= 0.3 is 23.1 Å². The summed E-state index contributed by atoms with van der Waals surface area (Å²) in [6.07, 6.45) is 0. The summed E-state index contributed by atoms with van der Waals surface area (Å²) in [5, 5.41) is 0. The minimum absolute atomic E-state index is 0. The molecule has 0 aliphatic rings. The van der Waals surface area contributed by atoms with Gasteiger partial charge in [0.1, 0.15) is 0 Å². The van der Waals surface area contributed by atoms with Crippen molar-refractivity contribution in [2.75, 3.05) is 0 Å². The maximum Gasteiger partial charge on any atom is 2.00 e. The van der Waals surface area contributed by atoms with E-state index in [0.717, 1.165) is 0 Å². The van der Waals surface area contributed by atoms with Gasteiger partial charge in [-0.2, -0.15) is 0 Å². The van der Waals surface area contributed by atoms with Crippen LogP contribution in [-0.4, -0.2) is 23.1 Å². The Kier molecular flexibility index (Phi) is 236. The topological polar surface area (TPSA) is 0 Å². The zero-order chi connectivity index (χ0) is 0. The molecular weight excluding hydrogens is 196 g/mol. The van der Waals surface area contributed by atoms with Gasteiger partial charge in [-0.25, -0.2) is 0 Å². The number of rotatable bonds is 0. The molecule has 0 aromatic rings. The third-order valence-electron chi connectivity index (χ3n) is 0. The van der Waals surface area contributed by atoms with Crippen LogP contribution in [0.1, 0.15) is 7.43 Å². The molecule has 3 heteroatoms. The molecule has 0 N–H and O–H groups in total. The monoisotopic (exact) mass is 198 g/mol. The quantitative estimate of drug-likeness (QED) is 0.342. The first kappa shape index (κ1) is 42.9. The second-order valence-corrected chi connectivity index (χ2v) is 0. The first-order valence-electron chi connectivity index (χ1n) is 0. The van der Waals surface area contributed by atoms with E-state index in [1.807, 2.05) is 0 Å². The molecule has 0 bridgehead atoms. The number of halogens is 2. The van der Waals surface area contributed by atoms with Crippen LogP contribution in [0.4, 0.5) is 0 Å². The van der Waals surface area contributed by atoms with E-state index in [1.54, 1.807) is 0 Å². The Morgan fingerprint density at radius 2 is 0.750 bits per heavy atom. The minimum atomic E-state index is 0. The molecule has 24 valence electrons. The molecule has 4 heavy (non-hydrogen) atoms. The summed E-state index contributed by atoms with van der Waals surface area (Å²) in [7, 11) is 0. The Morgan fingerprint density at radius 1 is 0.750 bits per heavy atom. The number of hydrogen-bond donors (Lipinski definition) is 0. The Bertz CT molecular complexity index is 6.00. The fraction of sp³-hybridized carbons (Fsp3) is 1.00. The van der Waals surface area contributed by atoms with Crippen molar-refractivity contribution in [2.24, 2.45) is 0 Å². The maximum atomic E-state index is 0. The van der Waals surface area contributed by atoms with Gasteiger partial charge in [-0.1, -0.05) is 7.43 Å². The summed E-state index contributed by atoms with van der Waals surface area (Å²) >= 11 is 0. The van der Waals surface area contributed by atoms with Crippen molar-refractivity contribution in [3.8, 4) is 0 Å². The Morgan fingerprint density at radius 3 is 0.750 bits per heavy atom.